The van der Waals surface area contributed by atoms with Gasteiger partial charge in [-0.05, 0) is 79.4 Å². The highest BCUT2D eigenvalue weighted by molar-refractivity contribution is 5.33. The molecule has 25 heavy (non-hydrogen) atoms. The first-order valence-electron chi connectivity index (χ1n) is 10.7. The number of nitriles is 1. The van der Waals surface area contributed by atoms with Crippen LogP contribution in [0.1, 0.15) is 95.1 Å². The first kappa shape index (κ1) is 18.5. The number of benzene rings is 1. The van der Waals surface area contributed by atoms with E-state index in [2.05, 4.69) is 32.0 Å². The maximum absolute atomic E-state index is 8.99. The zero-order valence-corrected chi connectivity index (χ0v) is 16.2. The van der Waals surface area contributed by atoms with Crippen molar-refractivity contribution in [1.82, 2.24) is 0 Å². The molecule has 1 nitrogen and oxygen atoms in total. The van der Waals surface area contributed by atoms with E-state index in [1.165, 1.54) is 69.8 Å². The molecule has 0 heterocycles. The van der Waals surface area contributed by atoms with Crippen LogP contribution in [0.25, 0.3) is 0 Å². The molecule has 0 amide bonds. The Balaban J connectivity index is 1.51. The lowest BCUT2D eigenvalue weighted by molar-refractivity contribution is 0.130. The Morgan fingerprint density at radius 3 is 2.24 bits per heavy atom. The van der Waals surface area contributed by atoms with E-state index in [0.29, 0.717) is 5.92 Å². The summed E-state index contributed by atoms with van der Waals surface area (Å²) in [6, 6.07) is 10.6. The summed E-state index contributed by atoms with van der Waals surface area (Å²) in [7, 11) is 0. The Kier molecular flexibility index (Phi) is 6.57. The molecule has 0 N–H and O–H groups in total. The molecule has 0 aliphatic heterocycles. The first-order valence-corrected chi connectivity index (χ1v) is 10.7. The van der Waals surface area contributed by atoms with Crippen molar-refractivity contribution in [2.75, 3.05) is 0 Å². The minimum Gasteiger partial charge on any atom is -0.192 e. The average Bonchev–Trinajstić information content (AvgIpc) is 2.67. The third-order valence-corrected chi connectivity index (χ3v) is 7.20. The second-order valence-electron chi connectivity index (χ2n) is 8.81. The second kappa shape index (κ2) is 8.88. The number of unbranched alkanes of at least 4 members (excludes halogenated alkanes) is 1. The van der Waals surface area contributed by atoms with Crippen LogP contribution in [0.2, 0.25) is 0 Å². The predicted molar refractivity (Wildman–Crippen MR) is 105 cm³/mol. The maximum atomic E-state index is 8.99. The van der Waals surface area contributed by atoms with Crippen molar-refractivity contribution in [3.8, 4) is 6.07 Å². The Morgan fingerprint density at radius 1 is 0.960 bits per heavy atom. The fourth-order valence-corrected chi connectivity index (χ4v) is 5.61. The summed E-state index contributed by atoms with van der Waals surface area (Å²) in [5.41, 5.74) is 2.23. The average molecular weight is 338 g/mol. The van der Waals surface area contributed by atoms with Gasteiger partial charge in [0.15, 0.2) is 0 Å². The minimum absolute atomic E-state index is 0.699. The third kappa shape index (κ3) is 4.66. The van der Waals surface area contributed by atoms with Crippen LogP contribution < -0.4 is 0 Å². The van der Waals surface area contributed by atoms with Crippen LogP contribution in [0.3, 0.4) is 0 Å². The van der Waals surface area contributed by atoms with Gasteiger partial charge in [-0.25, -0.2) is 0 Å². The van der Waals surface area contributed by atoms with Gasteiger partial charge >= 0.3 is 0 Å². The van der Waals surface area contributed by atoms with Crippen LogP contribution in [-0.4, -0.2) is 0 Å². The van der Waals surface area contributed by atoms with Gasteiger partial charge in [0.1, 0.15) is 0 Å². The van der Waals surface area contributed by atoms with E-state index in [4.69, 9.17) is 5.26 Å². The van der Waals surface area contributed by atoms with Crippen molar-refractivity contribution < 1.29 is 0 Å². The van der Waals surface area contributed by atoms with Crippen molar-refractivity contribution in [3.63, 3.8) is 0 Å². The van der Waals surface area contributed by atoms with Crippen LogP contribution in [0, 0.1) is 35.0 Å². The normalized spacial score (nSPS) is 32.9. The molecule has 3 rings (SSSR count). The molecule has 3 unspecified atom stereocenters. The standard InChI is InChI=1S/C24H35N/c1-3-4-5-19-6-10-21(11-7-19)23-14-15-24(18(2)16-23)22-12-8-20(17-25)9-13-22/h8-9,12-13,18-19,21,23-24H,3-7,10-11,14-16H2,1-2H3. The summed E-state index contributed by atoms with van der Waals surface area (Å²) in [4.78, 5) is 0. The molecule has 2 aliphatic carbocycles. The molecule has 0 bridgehead atoms. The second-order valence-corrected chi connectivity index (χ2v) is 8.81. The van der Waals surface area contributed by atoms with Gasteiger partial charge in [0.05, 0.1) is 11.6 Å². The molecule has 3 atom stereocenters. The van der Waals surface area contributed by atoms with Crippen molar-refractivity contribution in [2.45, 2.75) is 84.0 Å². The van der Waals surface area contributed by atoms with E-state index in [1.54, 1.807) is 0 Å². The summed E-state index contributed by atoms with van der Waals surface area (Å²) in [5.74, 6) is 4.48. The number of rotatable bonds is 5. The third-order valence-electron chi connectivity index (χ3n) is 7.20. The molecule has 1 aromatic rings. The molecule has 0 spiro atoms. The van der Waals surface area contributed by atoms with Gasteiger partial charge in [-0.1, -0.05) is 58.1 Å². The maximum Gasteiger partial charge on any atom is 0.0991 e. The molecule has 0 aromatic heterocycles. The number of hydrogen-bond acceptors (Lipinski definition) is 1. The van der Waals surface area contributed by atoms with Gasteiger partial charge < -0.3 is 0 Å². The predicted octanol–water partition coefficient (Wildman–Crippen LogP) is 7.07. The van der Waals surface area contributed by atoms with E-state index in [0.717, 1.165) is 29.2 Å². The molecule has 136 valence electrons. The van der Waals surface area contributed by atoms with Crippen LogP contribution in [0.15, 0.2) is 24.3 Å². The van der Waals surface area contributed by atoms with Crippen molar-refractivity contribution >= 4 is 0 Å². The SMILES string of the molecule is CCCCC1CCC(C2CCC(c3ccc(C#N)cc3)C(C)C2)CC1. The lowest BCUT2D eigenvalue weighted by Gasteiger charge is -2.41. The van der Waals surface area contributed by atoms with E-state index >= 15 is 0 Å². The van der Waals surface area contributed by atoms with E-state index < -0.39 is 0 Å². The van der Waals surface area contributed by atoms with Gasteiger partial charge in [-0.3, -0.25) is 0 Å². The van der Waals surface area contributed by atoms with Crippen LogP contribution in [-0.2, 0) is 0 Å². The summed E-state index contributed by atoms with van der Waals surface area (Å²) in [6.07, 6.45) is 14.4. The first-order chi connectivity index (χ1) is 12.2. The lowest BCUT2D eigenvalue weighted by atomic mass is 9.65. The molecular formula is C24H35N. The zero-order valence-electron chi connectivity index (χ0n) is 16.2. The lowest BCUT2D eigenvalue weighted by Crippen LogP contribution is -2.29. The fourth-order valence-electron chi connectivity index (χ4n) is 5.61. The quantitative estimate of drug-likeness (QED) is 0.563. The van der Waals surface area contributed by atoms with Crippen molar-refractivity contribution in [1.29, 1.82) is 5.26 Å². The van der Waals surface area contributed by atoms with Crippen molar-refractivity contribution in [3.05, 3.63) is 35.4 Å². The smallest absolute Gasteiger partial charge is 0.0991 e. The highest BCUT2D eigenvalue weighted by Gasteiger charge is 2.34. The summed E-state index contributed by atoms with van der Waals surface area (Å²) < 4.78 is 0. The van der Waals surface area contributed by atoms with Crippen LogP contribution >= 0.6 is 0 Å². The van der Waals surface area contributed by atoms with E-state index in [1.807, 2.05) is 12.1 Å². The van der Waals surface area contributed by atoms with Gasteiger partial charge in [-0.2, -0.15) is 5.26 Å². The molecule has 2 aliphatic rings. The summed E-state index contributed by atoms with van der Waals surface area (Å²) >= 11 is 0. The number of nitrogens with zero attached hydrogens (tertiary/aromatic N) is 1. The van der Waals surface area contributed by atoms with E-state index in [9.17, 15) is 0 Å². The summed E-state index contributed by atoms with van der Waals surface area (Å²) in [5, 5.41) is 8.99. The molecule has 2 saturated carbocycles. The fraction of sp³-hybridized carbons (Fsp3) is 0.708. The Morgan fingerprint density at radius 2 is 1.64 bits per heavy atom. The summed E-state index contributed by atoms with van der Waals surface area (Å²) in [6.45, 7) is 4.78. The number of hydrogen-bond donors (Lipinski definition) is 0. The van der Waals surface area contributed by atoms with Gasteiger partial charge in [0.2, 0.25) is 0 Å². The Labute approximate surface area is 154 Å². The zero-order chi connectivity index (χ0) is 17.6. The molecular weight excluding hydrogens is 302 g/mol. The van der Waals surface area contributed by atoms with Gasteiger partial charge in [0.25, 0.3) is 0 Å². The minimum atomic E-state index is 0.699. The highest BCUT2D eigenvalue weighted by Crippen LogP contribution is 2.46. The van der Waals surface area contributed by atoms with Gasteiger partial charge in [-0.15, -0.1) is 0 Å². The Bertz CT molecular complexity index is 559. The molecule has 1 aromatic carbocycles. The molecule has 1 heteroatoms. The van der Waals surface area contributed by atoms with Gasteiger partial charge in [0, 0.05) is 0 Å². The largest absolute Gasteiger partial charge is 0.192 e. The molecule has 2 fully saturated rings. The molecule has 0 saturated heterocycles. The molecule has 0 radical (unpaired) electrons. The topological polar surface area (TPSA) is 23.8 Å². The Hall–Kier alpha value is -1.29. The monoisotopic (exact) mass is 337 g/mol. The van der Waals surface area contributed by atoms with Crippen LogP contribution in [0.5, 0.6) is 0 Å². The highest BCUT2D eigenvalue weighted by atomic mass is 14.4. The van der Waals surface area contributed by atoms with Crippen molar-refractivity contribution in [2.24, 2.45) is 23.7 Å². The van der Waals surface area contributed by atoms with Crippen LogP contribution in [0.4, 0.5) is 0 Å². The van der Waals surface area contributed by atoms with E-state index in [-0.39, 0.29) is 0 Å².